The van der Waals surface area contributed by atoms with Gasteiger partial charge in [-0.15, -0.1) is 0 Å². The van der Waals surface area contributed by atoms with Crippen molar-refractivity contribution in [2.75, 3.05) is 18.0 Å². The van der Waals surface area contributed by atoms with E-state index in [2.05, 4.69) is 24.1 Å². The Labute approximate surface area is 159 Å². The zero-order chi connectivity index (χ0) is 19.6. The molecule has 2 atom stereocenters. The minimum atomic E-state index is -0.396. The lowest BCUT2D eigenvalue weighted by Gasteiger charge is -2.36. The molecule has 0 spiro atoms. The average molecular weight is 375 g/mol. The molecule has 7 heteroatoms. The first-order chi connectivity index (χ1) is 12.8. The van der Waals surface area contributed by atoms with Gasteiger partial charge in [-0.3, -0.25) is 14.9 Å². The molecular formula is C20H29N3O4. The van der Waals surface area contributed by atoms with Gasteiger partial charge in [0.2, 0.25) is 0 Å². The van der Waals surface area contributed by atoms with Crippen LogP contribution in [0.3, 0.4) is 0 Å². The molecule has 1 aliphatic heterocycles. The highest BCUT2D eigenvalue weighted by Gasteiger charge is 2.28. The predicted molar refractivity (Wildman–Crippen MR) is 104 cm³/mol. The first-order valence-corrected chi connectivity index (χ1v) is 9.85. The summed E-state index contributed by atoms with van der Waals surface area (Å²) in [7, 11) is 0. The van der Waals surface area contributed by atoms with Gasteiger partial charge in [0.25, 0.3) is 11.6 Å². The van der Waals surface area contributed by atoms with E-state index in [-0.39, 0.29) is 23.7 Å². The molecular weight excluding hydrogens is 346 g/mol. The fraction of sp³-hybridized carbons (Fsp3) is 0.650. The Kier molecular flexibility index (Phi) is 5.99. The summed E-state index contributed by atoms with van der Waals surface area (Å²) in [5.74, 6) is 0.683. The van der Waals surface area contributed by atoms with Crippen molar-refractivity contribution >= 4 is 17.3 Å². The van der Waals surface area contributed by atoms with Crippen molar-refractivity contribution < 1.29 is 14.8 Å². The third kappa shape index (κ3) is 4.77. The van der Waals surface area contributed by atoms with Gasteiger partial charge in [0, 0.05) is 30.8 Å². The smallest absolute Gasteiger partial charge is 0.293 e. The van der Waals surface area contributed by atoms with Crippen LogP contribution < -0.4 is 10.2 Å². The second-order valence-corrected chi connectivity index (χ2v) is 8.29. The van der Waals surface area contributed by atoms with Crippen molar-refractivity contribution in [2.24, 2.45) is 11.8 Å². The van der Waals surface area contributed by atoms with Crippen molar-refractivity contribution in [3.8, 4) is 0 Å². The zero-order valence-corrected chi connectivity index (χ0v) is 16.1. The molecule has 7 nitrogen and oxygen atoms in total. The van der Waals surface area contributed by atoms with Gasteiger partial charge < -0.3 is 15.3 Å². The standard InChI is InChI=1S/C20H29N3O4/c1-13-9-14(2)12-22(11-13)18-8-3-15(10-19(18)23(26)27)20(25)21-16-4-6-17(24)7-5-16/h3,8,10,13-14,16-17,24H,4-7,9,11-12H2,1-2H3,(H,21,25). The number of nitrogens with zero attached hydrogens (tertiary/aromatic N) is 2. The summed E-state index contributed by atoms with van der Waals surface area (Å²) in [6, 6.07) is 4.80. The van der Waals surface area contributed by atoms with E-state index >= 15 is 0 Å². The lowest BCUT2D eigenvalue weighted by atomic mass is 9.91. The van der Waals surface area contributed by atoms with Crippen LogP contribution in [0.15, 0.2) is 18.2 Å². The van der Waals surface area contributed by atoms with E-state index in [9.17, 15) is 20.0 Å². The van der Waals surface area contributed by atoms with Gasteiger partial charge in [-0.25, -0.2) is 0 Å². The number of hydrogen-bond acceptors (Lipinski definition) is 5. The Morgan fingerprint density at radius 1 is 1.19 bits per heavy atom. The van der Waals surface area contributed by atoms with Crippen LogP contribution in [0.2, 0.25) is 0 Å². The number of benzene rings is 1. The number of nitro benzene ring substituents is 1. The molecule has 3 rings (SSSR count). The van der Waals surface area contributed by atoms with Gasteiger partial charge in [-0.05, 0) is 56.1 Å². The number of anilines is 1. The van der Waals surface area contributed by atoms with Crippen LogP contribution >= 0.6 is 0 Å². The average Bonchev–Trinajstić information content (AvgIpc) is 2.62. The van der Waals surface area contributed by atoms with Crippen molar-refractivity contribution in [1.82, 2.24) is 5.32 Å². The van der Waals surface area contributed by atoms with Crippen LogP contribution in [0.5, 0.6) is 0 Å². The maximum Gasteiger partial charge on any atom is 0.293 e. The lowest BCUT2D eigenvalue weighted by molar-refractivity contribution is -0.384. The molecule has 1 aromatic carbocycles. The minimum absolute atomic E-state index is 0.0111. The Morgan fingerprint density at radius 3 is 2.41 bits per heavy atom. The number of piperidine rings is 1. The number of aliphatic hydroxyl groups excluding tert-OH is 1. The van der Waals surface area contributed by atoms with E-state index in [0.29, 0.717) is 35.9 Å². The normalized spacial score (nSPS) is 28.6. The van der Waals surface area contributed by atoms with Crippen LogP contribution in [0, 0.1) is 22.0 Å². The highest BCUT2D eigenvalue weighted by molar-refractivity contribution is 5.96. The lowest BCUT2D eigenvalue weighted by Crippen LogP contribution is -2.39. The summed E-state index contributed by atoms with van der Waals surface area (Å²) in [6.07, 6.45) is 3.66. The highest BCUT2D eigenvalue weighted by atomic mass is 16.6. The molecule has 0 bridgehead atoms. The molecule has 2 unspecified atom stereocenters. The maximum absolute atomic E-state index is 12.6. The quantitative estimate of drug-likeness (QED) is 0.623. The molecule has 2 N–H and O–H groups in total. The SMILES string of the molecule is CC1CC(C)CN(c2ccc(C(=O)NC3CCC(O)CC3)cc2[N+](=O)[O-])C1. The van der Waals surface area contributed by atoms with Gasteiger partial charge >= 0.3 is 0 Å². The summed E-state index contributed by atoms with van der Waals surface area (Å²) in [4.78, 5) is 25.9. The Hall–Kier alpha value is -2.15. The molecule has 1 heterocycles. The summed E-state index contributed by atoms with van der Waals surface area (Å²) in [5, 5.41) is 24.2. The highest BCUT2D eigenvalue weighted by Crippen LogP contribution is 2.34. The van der Waals surface area contributed by atoms with Crippen molar-refractivity contribution in [3.63, 3.8) is 0 Å². The van der Waals surface area contributed by atoms with E-state index in [1.54, 1.807) is 12.1 Å². The van der Waals surface area contributed by atoms with E-state index in [1.807, 2.05) is 0 Å². The molecule has 27 heavy (non-hydrogen) atoms. The molecule has 0 radical (unpaired) electrons. The van der Waals surface area contributed by atoms with Crippen molar-refractivity contribution in [1.29, 1.82) is 0 Å². The van der Waals surface area contributed by atoms with E-state index in [4.69, 9.17) is 0 Å². The first-order valence-electron chi connectivity index (χ1n) is 9.85. The van der Waals surface area contributed by atoms with Crippen LogP contribution in [0.25, 0.3) is 0 Å². The second-order valence-electron chi connectivity index (χ2n) is 8.29. The van der Waals surface area contributed by atoms with Gasteiger partial charge in [0.05, 0.1) is 11.0 Å². The molecule has 1 aliphatic carbocycles. The largest absolute Gasteiger partial charge is 0.393 e. The van der Waals surface area contributed by atoms with Crippen LogP contribution in [-0.2, 0) is 0 Å². The van der Waals surface area contributed by atoms with Crippen molar-refractivity contribution in [3.05, 3.63) is 33.9 Å². The molecule has 1 saturated carbocycles. The molecule has 2 fully saturated rings. The van der Waals surface area contributed by atoms with Crippen LogP contribution in [0.1, 0.15) is 56.3 Å². The number of amides is 1. The summed E-state index contributed by atoms with van der Waals surface area (Å²) >= 11 is 0. The minimum Gasteiger partial charge on any atom is -0.393 e. The first kappa shape index (κ1) is 19.6. The predicted octanol–water partition coefficient (Wildman–Crippen LogP) is 3.11. The topological polar surface area (TPSA) is 95.7 Å². The zero-order valence-electron chi connectivity index (χ0n) is 16.1. The number of nitrogens with one attached hydrogen (secondary N) is 1. The fourth-order valence-corrected chi connectivity index (χ4v) is 4.43. The van der Waals surface area contributed by atoms with E-state index < -0.39 is 4.92 Å². The van der Waals surface area contributed by atoms with Gasteiger partial charge in [0.1, 0.15) is 5.69 Å². The van der Waals surface area contributed by atoms with Crippen molar-refractivity contribution in [2.45, 2.75) is 58.1 Å². The summed E-state index contributed by atoms with van der Waals surface area (Å²) in [5.41, 5.74) is 0.897. The molecule has 0 aromatic heterocycles. The Bertz CT molecular complexity index is 690. The Morgan fingerprint density at radius 2 is 1.81 bits per heavy atom. The van der Waals surface area contributed by atoms with Crippen LogP contribution in [0.4, 0.5) is 11.4 Å². The maximum atomic E-state index is 12.6. The molecule has 1 amide bonds. The number of carbonyl (C=O) groups excluding carboxylic acids is 1. The number of carbonyl (C=O) groups is 1. The second kappa shape index (κ2) is 8.25. The molecule has 2 aliphatic rings. The van der Waals surface area contributed by atoms with Crippen LogP contribution in [-0.4, -0.2) is 41.2 Å². The number of aliphatic hydroxyl groups is 1. The number of rotatable bonds is 4. The third-order valence-corrected chi connectivity index (χ3v) is 5.68. The molecule has 1 aromatic rings. The third-order valence-electron chi connectivity index (χ3n) is 5.68. The monoisotopic (exact) mass is 375 g/mol. The van der Waals surface area contributed by atoms with Gasteiger partial charge in [0.15, 0.2) is 0 Å². The van der Waals surface area contributed by atoms with E-state index in [0.717, 1.165) is 32.4 Å². The number of nitro groups is 1. The van der Waals surface area contributed by atoms with Gasteiger partial charge in [-0.2, -0.15) is 0 Å². The summed E-state index contributed by atoms with van der Waals surface area (Å²) in [6.45, 7) is 5.91. The van der Waals surface area contributed by atoms with E-state index in [1.165, 1.54) is 6.07 Å². The molecule has 148 valence electrons. The fourth-order valence-electron chi connectivity index (χ4n) is 4.43. The Balaban J connectivity index is 1.77. The molecule has 1 saturated heterocycles. The number of hydrogen-bond donors (Lipinski definition) is 2. The summed E-state index contributed by atoms with van der Waals surface area (Å²) < 4.78 is 0. The van der Waals surface area contributed by atoms with Gasteiger partial charge in [-0.1, -0.05) is 13.8 Å².